The number of anilines is 2. The summed E-state index contributed by atoms with van der Waals surface area (Å²) in [5, 5.41) is 13.5. The van der Waals surface area contributed by atoms with Gasteiger partial charge in [0.1, 0.15) is 17.7 Å². The Morgan fingerprint density at radius 3 is 2.47 bits per heavy atom. The number of piperidine rings is 1. The van der Waals surface area contributed by atoms with Crippen LogP contribution in [0.2, 0.25) is 0 Å². The molecule has 1 aliphatic rings. The Bertz CT molecular complexity index is 1680. The molecule has 5 rings (SSSR count). The molecule has 0 aliphatic carbocycles. The smallest absolute Gasteiger partial charge is 0.303 e. The molecule has 14 heteroatoms. The molecular weight excluding hydrogens is 609 g/mol. The summed E-state index contributed by atoms with van der Waals surface area (Å²) >= 11 is 0. The summed E-state index contributed by atoms with van der Waals surface area (Å²) < 4.78 is 63.7. The molecule has 3 heterocycles. The zero-order valence-electron chi connectivity index (χ0n) is 23.4. The van der Waals surface area contributed by atoms with Gasteiger partial charge in [-0.3, -0.25) is 9.59 Å². The Hall–Kier alpha value is -4.10. The summed E-state index contributed by atoms with van der Waals surface area (Å²) in [6.45, 7) is 1.72. The van der Waals surface area contributed by atoms with E-state index in [1.54, 1.807) is 18.0 Å². The van der Waals surface area contributed by atoms with Crippen molar-refractivity contribution in [3.63, 3.8) is 0 Å². The molecule has 225 valence electrons. The summed E-state index contributed by atoms with van der Waals surface area (Å²) in [7, 11) is 3.21. The first-order valence-corrected chi connectivity index (χ1v) is 13.1. The number of amides is 1. The van der Waals surface area contributed by atoms with Crippen molar-refractivity contribution in [3.8, 4) is 17.0 Å². The van der Waals surface area contributed by atoms with Crippen LogP contribution < -0.4 is 9.64 Å². The Labute approximate surface area is 256 Å². The molecule has 1 amide bonds. The second kappa shape index (κ2) is 12.6. The monoisotopic (exact) mass is 636 g/mol. The first-order chi connectivity index (χ1) is 20.0. The van der Waals surface area contributed by atoms with Gasteiger partial charge in [0.05, 0.1) is 31.5 Å². The quantitative estimate of drug-likeness (QED) is 0.221. The van der Waals surface area contributed by atoms with Gasteiger partial charge in [0.2, 0.25) is 0 Å². The van der Waals surface area contributed by atoms with Crippen LogP contribution in [0, 0.1) is 30.3 Å². The molecule has 0 saturated carbocycles. The van der Waals surface area contributed by atoms with Crippen LogP contribution in [-0.2, 0) is 23.4 Å². The number of methoxy groups -OCH3 is 1. The minimum Gasteiger partial charge on any atom is -0.495 e. The van der Waals surface area contributed by atoms with Gasteiger partial charge in [-0.2, -0.15) is 9.61 Å². The van der Waals surface area contributed by atoms with Crippen LogP contribution in [-0.4, -0.2) is 69.9 Å². The molecular formula is C29H27F4N5O4V. The number of likely N-dealkylation sites (tertiary alicyclic amines) is 1. The van der Waals surface area contributed by atoms with E-state index in [2.05, 4.69) is 10.1 Å². The topological polar surface area (TPSA) is 100 Å². The number of carbonyl (C=O) groups excluding carboxylic acids is 1. The molecule has 4 aromatic rings. The second-order valence-corrected chi connectivity index (χ2v) is 10.2. The van der Waals surface area contributed by atoms with Crippen molar-refractivity contribution in [2.24, 2.45) is 5.92 Å². The van der Waals surface area contributed by atoms with Gasteiger partial charge in [-0.1, -0.05) is 12.1 Å². The van der Waals surface area contributed by atoms with E-state index in [1.165, 1.54) is 28.7 Å². The summed E-state index contributed by atoms with van der Waals surface area (Å²) in [6.07, 6.45) is -1.66. The van der Waals surface area contributed by atoms with Gasteiger partial charge in [-0.05, 0) is 37.1 Å². The van der Waals surface area contributed by atoms with Crippen LogP contribution in [0.4, 0.5) is 29.1 Å². The largest absolute Gasteiger partial charge is 0.495 e. The fourth-order valence-electron chi connectivity index (χ4n) is 5.25. The maximum Gasteiger partial charge on any atom is 0.303 e. The van der Waals surface area contributed by atoms with Gasteiger partial charge in [-0.15, -0.1) is 0 Å². The summed E-state index contributed by atoms with van der Waals surface area (Å²) in [6, 6.07) is 9.92. The standard InChI is InChI=1S/C29H27F4N5O4.V/c1-15-5-4-6-23(42-3)28(15)36(2)25-13-21(17-9-18(30)27(33)19(31)10-17)34-24-12-22(35-38(24)25)29(41)37-8-7-16(11-26(39)40)20(32)14-37;/h4-6,9-10,12-13,16,20H,7-8,11,14H2,1-3H3,(H,39,40);/t16-,20-;/m0./s1. The zero-order valence-corrected chi connectivity index (χ0v) is 24.8. The number of benzene rings is 2. The van der Waals surface area contributed by atoms with E-state index < -0.39 is 41.4 Å². The number of aryl methyl sites for hydroxylation is 1. The number of alkyl halides is 1. The van der Waals surface area contributed by atoms with Crippen molar-refractivity contribution >= 4 is 29.0 Å². The fraction of sp³-hybridized carbons (Fsp3) is 0.310. The molecule has 1 radical (unpaired) electrons. The number of hydrogen-bond donors (Lipinski definition) is 1. The first-order valence-electron chi connectivity index (χ1n) is 13.1. The molecule has 2 aromatic carbocycles. The van der Waals surface area contributed by atoms with Crippen LogP contribution >= 0.6 is 0 Å². The van der Waals surface area contributed by atoms with E-state index in [-0.39, 0.29) is 67.1 Å². The summed E-state index contributed by atoms with van der Waals surface area (Å²) in [5.41, 5.74) is 1.56. The summed E-state index contributed by atoms with van der Waals surface area (Å²) in [5.74, 6) is -5.93. The van der Waals surface area contributed by atoms with Gasteiger partial charge >= 0.3 is 5.97 Å². The second-order valence-electron chi connectivity index (χ2n) is 10.2. The zero-order chi connectivity index (χ0) is 30.3. The van der Waals surface area contributed by atoms with Crippen molar-refractivity contribution < 1.29 is 55.5 Å². The number of para-hydroxylation sites is 1. The van der Waals surface area contributed by atoms with Crippen LogP contribution in [0.5, 0.6) is 5.75 Å². The van der Waals surface area contributed by atoms with Crippen molar-refractivity contribution in [2.45, 2.75) is 25.9 Å². The number of rotatable bonds is 7. The first kappa shape index (κ1) is 31.8. The Morgan fingerprint density at radius 1 is 1.14 bits per heavy atom. The van der Waals surface area contributed by atoms with Gasteiger partial charge in [-0.25, -0.2) is 22.5 Å². The molecule has 2 aromatic heterocycles. The molecule has 1 N–H and O–H groups in total. The maximum absolute atomic E-state index is 14.7. The molecule has 9 nitrogen and oxygen atoms in total. The molecule has 1 fully saturated rings. The number of hydrogen-bond acceptors (Lipinski definition) is 6. The molecule has 43 heavy (non-hydrogen) atoms. The van der Waals surface area contributed by atoms with Gasteiger partial charge in [0.25, 0.3) is 5.91 Å². The molecule has 1 aliphatic heterocycles. The van der Waals surface area contributed by atoms with E-state index >= 15 is 0 Å². The average molecular weight is 637 g/mol. The van der Waals surface area contributed by atoms with Crippen molar-refractivity contribution in [2.75, 3.05) is 32.1 Å². The number of carboxylic acids is 1. The van der Waals surface area contributed by atoms with E-state index in [0.717, 1.165) is 17.7 Å². The van der Waals surface area contributed by atoms with Crippen molar-refractivity contribution in [1.82, 2.24) is 19.5 Å². The minimum atomic E-state index is -1.61. The molecule has 0 unspecified atom stereocenters. The number of ether oxygens (including phenoxy) is 1. The molecule has 0 bridgehead atoms. The summed E-state index contributed by atoms with van der Waals surface area (Å²) in [4.78, 5) is 31.9. The number of fused-ring (bicyclic) bond motifs is 1. The SMILES string of the molecule is COc1cccc(C)c1N(C)c1cc(-c2cc(F)c(F)c(F)c2)nc2cc(C(=O)N3CC[C@@H](CC(=O)O)[C@@H](F)C3)nn12.[V]. The third kappa shape index (κ3) is 6.18. The number of aliphatic carboxylic acids is 1. The Kier molecular flexibility index (Phi) is 9.36. The number of nitrogens with zero attached hydrogens (tertiary/aromatic N) is 5. The van der Waals surface area contributed by atoms with Crippen LogP contribution in [0.3, 0.4) is 0 Å². The van der Waals surface area contributed by atoms with Gasteiger partial charge in [0.15, 0.2) is 28.8 Å². The predicted molar refractivity (Wildman–Crippen MR) is 145 cm³/mol. The van der Waals surface area contributed by atoms with Crippen LogP contribution in [0.1, 0.15) is 28.9 Å². The van der Waals surface area contributed by atoms with Crippen molar-refractivity contribution in [1.29, 1.82) is 0 Å². The van der Waals surface area contributed by atoms with Gasteiger partial charge < -0.3 is 19.6 Å². The number of halogens is 4. The minimum absolute atomic E-state index is 0. The number of carboxylic acid groups (broad SMARTS) is 1. The third-order valence-electron chi connectivity index (χ3n) is 7.41. The van der Waals surface area contributed by atoms with E-state index in [4.69, 9.17) is 9.84 Å². The van der Waals surface area contributed by atoms with E-state index in [9.17, 15) is 27.2 Å². The third-order valence-corrected chi connectivity index (χ3v) is 7.41. The Balaban J connectivity index is 0.00000423. The number of aromatic nitrogens is 3. The average Bonchev–Trinajstić information content (AvgIpc) is 3.39. The predicted octanol–water partition coefficient (Wildman–Crippen LogP) is 5.17. The van der Waals surface area contributed by atoms with Gasteiger partial charge in [0, 0.05) is 55.8 Å². The fourth-order valence-corrected chi connectivity index (χ4v) is 5.25. The molecule has 1 saturated heterocycles. The van der Waals surface area contributed by atoms with Crippen LogP contribution in [0.15, 0.2) is 42.5 Å². The number of carbonyl (C=O) groups is 2. The Morgan fingerprint density at radius 2 is 1.84 bits per heavy atom. The van der Waals surface area contributed by atoms with E-state index in [1.807, 2.05) is 19.1 Å². The van der Waals surface area contributed by atoms with Crippen molar-refractivity contribution in [3.05, 3.63) is 71.2 Å². The molecule has 2 atom stereocenters. The van der Waals surface area contributed by atoms with Crippen LogP contribution in [0.25, 0.3) is 16.9 Å². The normalized spacial score (nSPS) is 16.6. The maximum atomic E-state index is 14.7. The molecule has 0 spiro atoms. The van der Waals surface area contributed by atoms with E-state index in [0.29, 0.717) is 17.3 Å².